The van der Waals surface area contributed by atoms with Crippen molar-refractivity contribution >= 4 is 46.1 Å². The van der Waals surface area contributed by atoms with Crippen molar-refractivity contribution in [3.05, 3.63) is 51.0 Å². The minimum Gasteiger partial charge on any atom is -0.344 e. The Kier molecular flexibility index (Phi) is 4.58. The molecule has 1 heterocycles. The minimum atomic E-state index is 0.496. The molecule has 0 saturated heterocycles. The number of aryl methyl sites for hydroxylation is 3. The second-order valence-corrected chi connectivity index (χ2v) is 5.70. The van der Waals surface area contributed by atoms with Gasteiger partial charge in [-0.1, -0.05) is 35.4 Å². The minimum absolute atomic E-state index is 0.496. The molecule has 3 nitrogen and oxygen atoms in total. The van der Waals surface area contributed by atoms with E-state index < -0.39 is 0 Å². The predicted octanol–water partition coefficient (Wildman–Crippen LogP) is 4.50. The summed E-state index contributed by atoms with van der Waals surface area (Å²) < 4.78 is 0. The van der Waals surface area contributed by atoms with Crippen molar-refractivity contribution < 1.29 is 0 Å². The summed E-state index contributed by atoms with van der Waals surface area (Å²) in [5.74, 6) is 0.709. The van der Waals surface area contributed by atoms with Gasteiger partial charge in [-0.2, -0.15) is 0 Å². The summed E-state index contributed by atoms with van der Waals surface area (Å²) in [5.41, 5.74) is 3.17. The molecule has 0 atom stereocenters. The lowest BCUT2D eigenvalue weighted by molar-refractivity contribution is 1.01. The molecule has 0 aliphatic heterocycles. The van der Waals surface area contributed by atoms with Gasteiger partial charge in [-0.05, 0) is 38.5 Å². The zero-order valence-electron chi connectivity index (χ0n) is 11.3. The van der Waals surface area contributed by atoms with E-state index in [2.05, 4.69) is 15.3 Å². The van der Waals surface area contributed by atoms with Gasteiger partial charge in [0.25, 0.3) is 0 Å². The van der Waals surface area contributed by atoms with Gasteiger partial charge in [0.1, 0.15) is 10.8 Å². The van der Waals surface area contributed by atoms with Crippen LogP contribution < -0.4 is 5.32 Å². The summed E-state index contributed by atoms with van der Waals surface area (Å²) in [6.45, 7) is 5.65. The smallest absolute Gasteiger partial charge is 0.125 e. The van der Waals surface area contributed by atoms with Crippen LogP contribution in [0.4, 0.5) is 5.69 Å². The number of thiocarbonyl (C=S) groups is 1. The number of benzene rings is 1. The summed E-state index contributed by atoms with van der Waals surface area (Å²) in [7, 11) is 0. The Morgan fingerprint density at radius 1 is 1.15 bits per heavy atom. The predicted molar refractivity (Wildman–Crippen MR) is 88.0 cm³/mol. The van der Waals surface area contributed by atoms with Gasteiger partial charge in [-0.15, -0.1) is 0 Å². The van der Waals surface area contributed by atoms with Crippen molar-refractivity contribution in [2.45, 2.75) is 20.8 Å². The second kappa shape index (κ2) is 6.04. The van der Waals surface area contributed by atoms with E-state index in [1.165, 1.54) is 0 Å². The third kappa shape index (κ3) is 3.26. The third-order valence-corrected chi connectivity index (χ3v) is 3.69. The molecule has 0 aliphatic rings. The van der Waals surface area contributed by atoms with Crippen LogP contribution in [-0.2, 0) is 0 Å². The SMILES string of the molecule is Cc1cc(Cl)c(NC(=S)c2cnc(C)nc2C)c(Cl)c1. The van der Waals surface area contributed by atoms with E-state index >= 15 is 0 Å². The van der Waals surface area contributed by atoms with Gasteiger partial charge in [0, 0.05) is 11.8 Å². The van der Waals surface area contributed by atoms with Gasteiger partial charge in [0.05, 0.1) is 21.4 Å². The maximum Gasteiger partial charge on any atom is 0.125 e. The first kappa shape index (κ1) is 15.2. The summed E-state index contributed by atoms with van der Waals surface area (Å²) in [4.78, 5) is 8.94. The van der Waals surface area contributed by atoms with Gasteiger partial charge in [0.2, 0.25) is 0 Å². The van der Waals surface area contributed by atoms with Crippen molar-refractivity contribution in [2.24, 2.45) is 0 Å². The molecule has 20 heavy (non-hydrogen) atoms. The maximum absolute atomic E-state index is 6.19. The molecule has 0 radical (unpaired) electrons. The number of halogens is 2. The summed E-state index contributed by atoms with van der Waals surface area (Å²) in [6.07, 6.45) is 1.70. The van der Waals surface area contributed by atoms with Crippen LogP contribution in [0, 0.1) is 20.8 Å². The highest BCUT2D eigenvalue weighted by molar-refractivity contribution is 7.81. The molecule has 0 unspecified atom stereocenters. The van der Waals surface area contributed by atoms with Crippen molar-refractivity contribution in [2.75, 3.05) is 5.32 Å². The molecule has 1 aromatic carbocycles. The molecule has 104 valence electrons. The average Bonchev–Trinajstić information content (AvgIpc) is 2.33. The van der Waals surface area contributed by atoms with E-state index in [1.807, 2.05) is 32.9 Å². The molecule has 0 bridgehead atoms. The standard InChI is InChI=1S/C14H13Cl2N3S/c1-7-4-11(15)13(12(16)5-7)19-14(20)10-6-17-9(3)18-8(10)2/h4-6H,1-3H3,(H,19,20). The van der Waals surface area contributed by atoms with Crippen LogP contribution in [0.3, 0.4) is 0 Å². The molecule has 6 heteroatoms. The first-order valence-electron chi connectivity index (χ1n) is 5.95. The van der Waals surface area contributed by atoms with Crippen molar-refractivity contribution in [3.63, 3.8) is 0 Å². The second-order valence-electron chi connectivity index (χ2n) is 4.47. The molecule has 0 amide bonds. The number of nitrogens with one attached hydrogen (secondary N) is 1. The lowest BCUT2D eigenvalue weighted by Gasteiger charge is -2.13. The Morgan fingerprint density at radius 3 is 2.30 bits per heavy atom. The quantitative estimate of drug-likeness (QED) is 0.825. The third-order valence-electron chi connectivity index (χ3n) is 2.77. The Labute approximate surface area is 133 Å². The number of hydrogen-bond donors (Lipinski definition) is 1. The fourth-order valence-electron chi connectivity index (χ4n) is 1.81. The monoisotopic (exact) mass is 325 g/mol. The van der Waals surface area contributed by atoms with Gasteiger partial charge in [-0.3, -0.25) is 0 Å². The number of anilines is 1. The van der Waals surface area contributed by atoms with Crippen molar-refractivity contribution in [3.8, 4) is 0 Å². The van der Waals surface area contributed by atoms with Crippen LogP contribution >= 0.6 is 35.4 Å². The molecule has 1 N–H and O–H groups in total. The van der Waals surface area contributed by atoms with Crippen LogP contribution in [0.2, 0.25) is 10.0 Å². The number of aromatic nitrogens is 2. The average molecular weight is 326 g/mol. The molecule has 1 aromatic heterocycles. The fourth-order valence-corrected chi connectivity index (χ4v) is 2.80. The van der Waals surface area contributed by atoms with E-state index in [9.17, 15) is 0 Å². The first-order chi connectivity index (χ1) is 9.38. The largest absolute Gasteiger partial charge is 0.344 e. The highest BCUT2D eigenvalue weighted by atomic mass is 35.5. The molecular weight excluding hydrogens is 313 g/mol. The summed E-state index contributed by atoms with van der Waals surface area (Å²) >= 11 is 17.8. The van der Waals surface area contributed by atoms with Crippen LogP contribution in [-0.4, -0.2) is 15.0 Å². The molecule has 0 saturated carbocycles. The number of nitrogens with zero attached hydrogens (tertiary/aromatic N) is 2. The van der Waals surface area contributed by atoms with Gasteiger partial charge >= 0.3 is 0 Å². The van der Waals surface area contributed by atoms with E-state index in [4.69, 9.17) is 35.4 Å². The van der Waals surface area contributed by atoms with Gasteiger partial charge < -0.3 is 5.32 Å². The summed E-state index contributed by atoms with van der Waals surface area (Å²) in [5, 5.41) is 4.13. The maximum atomic E-state index is 6.19. The van der Waals surface area contributed by atoms with Crippen LogP contribution in [0.5, 0.6) is 0 Å². The van der Waals surface area contributed by atoms with Crippen molar-refractivity contribution in [1.82, 2.24) is 9.97 Å². The lowest BCUT2D eigenvalue weighted by atomic mass is 10.2. The molecule has 0 aliphatic carbocycles. The molecule has 0 spiro atoms. The Hall–Kier alpha value is -1.23. The van der Waals surface area contributed by atoms with E-state index in [-0.39, 0.29) is 0 Å². The normalized spacial score (nSPS) is 10.4. The van der Waals surface area contributed by atoms with Crippen molar-refractivity contribution in [1.29, 1.82) is 0 Å². The van der Waals surface area contributed by atoms with Crippen LogP contribution in [0.25, 0.3) is 0 Å². The number of rotatable bonds is 2. The molecular formula is C14H13Cl2N3S. The zero-order chi connectivity index (χ0) is 14.9. The van der Waals surface area contributed by atoms with E-state index in [0.717, 1.165) is 16.8 Å². The Bertz CT molecular complexity index is 663. The van der Waals surface area contributed by atoms with Crippen LogP contribution in [0.15, 0.2) is 18.3 Å². The van der Waals surface area contributed by atoms with E-state index in [0.29, 0.717) is 26.5 Å². The lowest BCUT2D eigenvalue weighted by Crippen LogP contribution is -2.14. The van der Waals surface area contributed by atoms with Gasteiger partial charge in [0.15, 0.2) is 0 Å². The molecule has 2 aromatic rings. The Morgan fingerprint density at radius 2 is 1.75 bits per heavy atom. The summed E-state index contributed by atoms with van der Waals surface area (Å²) in [6, 6.07) is 3.66. The first-order valence-corrected chi connectivity index (χ1v) is 7.12. The van der Waals surface area contributed by atoms with E-state index in [1.54, 1.807) is 6.20 Å². The highest BCUT2D eigenvalue weighted by Gasteiger charge is 2.12. The van der Waals surface area contributed by atoms with Crippen LogP contribution in [0.1, 0.15) is 22.6 Å². The Balaban J connectivity index is 2.33. The van der Waals surface area contributed by atoms with Gasteiger partial charge in [-0.25, -0.2) is 9.97 Å². The topological polar surface area (TPSA) is 37.8 Å². The number of hydrogen-bond acceptors (Lipinski definition) is 3. The zero-order valence-corrected chi connectivity index (χ0v) is 13.6. The highest BCUT2D eigenvalue weighted by Crippen LogP contribution is 2.32. The molecule has 0 fully saturated rings. The molecule has 2 rings (SSSR count). The fraction of sp³-hybridized carbons (Fsp3) is 0.214.